The Morgan fingerprint density at radius 2 is 2.00 bits per heavy atom. The molecule has 0 unspecified atom stereocenters. The Hall–Kier alpha value is -1.04. The molecule has 0 aliphatic heterocycles. The summed E-state index contributed by atoms with van der Waals surface area (Å²) in [4.78, 5) is 3.87. The highest BCUT2D eigenvalue weighted by atomic mass is 79.9. The van der Waals surface area contributed by atoms with Crippen LogP contribution in [0.2, 0.25) is 0 Å². The zero-order chi connectivity index (χ0) is 10.3. The first-order chi connectivity index (χ1) is 6.48. The monoisotopic (exact) mass is 264 g/mol. The summed E-state index contributed by atoms with van der Waals surface area (Å²) in [5.41, 5.74) is -0.458. The molecule has 2 rings (SSSR count). The molecule has 2 nitrogen and oxygen atoms in total. The molecule has 0 bridgehead atoms. The fraction of sp³-hybridized carbons (Fsp3) is 0.125. The molecule has 0 saturated heterocycles. The molecule has 2 aromatic rings. The third kappa shape index (κ3) is 1.50. The molecule has 0 saturated carbocycles. The summed E-state index contributed by atoms with van der Waals surface area (Å²) >= 11 is 3.03. The molecule has 0 aliphatic carbocycles. The standard InChI is InChI=1S/C8H4BrF3N2/c9-6-4-14-5(8(10,11)12)2-1-3-7(14)13-6/h1-4H. The number of pyridine rings is 1. The van der Waals surface area contributed by atoms with Crippen molar-refractivity contribution in [2.24, 2.45) is 0 Å². The van der Waals surface area contributed by atoms with E-state index in [1.165, 1.54) is 18.3 Å². The van der Waals surface area contributed by atoms with Crippen LogP contribution in [0, 0.1) is 0 Å². The van der Waals surface area contributed by atoms with Gasteiger partial charge in [0.1, 0.15) is 15.9 Å². The van der Waals surface area contributed by atoms with Crippen molar-refractivity contribution in [1.29, 1.82) is 0 Å². The number of fused-ring (bicyclic) bond motifs is 1. The number of halogens is 4. The van der Waals surface area contributed by atoms with Gasteiger partial charge >= 0.3 is 6.18 Å². The summed E-state index contributed by atoms with van der Waals surface area (Å²) in [7, 11) is 0. The highest BCUT2D eigenvalue weighted by Crippen LogP contribution is 2.30. The summed E-state index contributed by atoms with van der Waals surface area (Å²) < 4.78 is 38.8. The van der Waals surface area contributed by atoms with E-state index < -0.39 is 11.9 Å². The predicted octanol–water partition coefficient (Wildman–Crippen LogP) is 3.12. The smallest absolute Gasteiger partial charge is 0.294 e. The lowest BCUT2D eigenvalue weighted by Gasteiger charge is -2.08. The van der Waals surface area contributed by atoms with Crippen molar-refractivity contribution in [2.45, 2.75) is 6.18 Å². The maximum Gasteiger partial charge on any atom is 0.431 e. The molecule has 0 amide bonds. The van der Waals surface area contributed by atoms with E-state index in [4.69, 9.17) is 0 Å². The van der Waals surface area contributed by atoms with E-state index in [1.54, 1.807) is 0 Å². The van der Waals surface area contributed by atoms with Crippen LogP contribution >= 0.6 is 15.9 Å². The van der Waals surface area contributed by atoms with Gasteiger partial charge in [-0.2, -0.15) is 13.2 Å². The number of alkyl halides is 3. The van der Waals surface area contributed by atoms with Gasteiger partial charge in [-0.05, 0) is 28.1 Å². The van der Waals surface area contributed by atoms with E-state index >= 15 is 0 Å². The van der Waals surface area contributed by atoms with E-state index in [-0.39, 0.29) is 5.65 Å². The van der Waals surface area contributed by atoms with Crippen molar-refractivity contribution in [3.8, 4) is 0 Å². The molecule has 0 atom stereocenters. The first-order valence-electron chi connectivity index (χ1n) is 3.69. The lowest BCUT2D eigenvalue weighted by Crippen LogP contribution is -2.10. The molecule has 2 heterocycles. The molecule has 0 aromatic carbocycles. The minimum absolute atomic E-state index is 0.270. The topological polar surface area (TPSA) is 17.3 Å². The van der Waals surface area contributed by atoms with Crippen LogP contribution in [-0.2, 0) is 6.18 Å². The maximum atomic E-state index is 12.5. The Kier molecular flexibility index (Phi) is 2.02. The average Bonchev–Trinajstić information content (AvgIpc) is 2.41. The molecular weight excluding hydrogens is 261 g/mol. The second kappa shape index (κ2) is 2.98. The minimum atomic E-state index is -4.36. The Bertz CT molecular complexity index is 475. The highest BCUT2D eigenvalue weighted by Gasteiger charge is 2.33. The molecular formula is C8H4BrF3N2. The van der Waals surface area contributed by atoms with E-state index in [0.717, 1.165) is 10.5 Å². The van der Waals surface area contributed by atoms with Crippen LogP contribution in [-0.4, -0.2) is 9.38 Å². The van der Waals surface area contributed by atoms with E-state index in [1.807, 2.05) is 0 Å². The van der Waals surface area contributed by atoms with Crippen LogP contribution in [0.4, 0.5) is 13.2 Å². The zero-order valence-corrected chi connectivity index (χ0v) is 8.30. The maximum absolute atomic E-state index is 12.5. The first kappa shape index (κ1) is 9.51. The third-order valence-electron chi connectivity index (χ3n) is 1.75. The Morgan fingerprint density at radius 3 is 2.64 bits per heavy atom. The summed E-state index contributed by atoms with van der Waals surface area (Å²) in [5.74, 6) is 0. The quantitative estimate of drug-likeness (QED) is 0.715. The summed E-state index contributed by atoms with van der Waals surface area (Å²) in [5, 5.41) is 0. The predicted molar refractivity (Wildman–Crippen MR) is 47.9 cm³/mol. The number of imidazole rings is 1. The molecule has 0 spiro atoms. The Labute approximate surface area is 85.5 Å². The largest absolute Gasteiger partial charge is 0.431 e. The normalized spacial score (nSPS) is 12.3. The molecule has 14 heavy (non-hydrogen) atoms. The van der Waals surface area contributed by atoms with Crippen molar-refractivity contribution in [3.63, 3.8) is 0 Å². The molecule has 0 aliphatic rings. The lowest BCUT2D eigenvalue weighted by molar-refractivity contribution is -0.142. The van der Waals surface area contributed by atoms with Gasteiger partial charge in [0.2, 0.25) is 0 Å². The third-order valence-corrected chi connectivity index (χ3v) is 2.14. The van der Waals surface area contributed by atoms with Crippen molar-refractivity contribution < 1.29 is 13.2 Å². The van der Waals surface area contributed by atoms with Crippen molar-refractivity contribution in [2.75, 3.05) is 0 Å². The highest BCUT2D eigenvalue weighted by molar-refractivity contribution is 9.10. The molecule has 0 fully saturated rings. The number of nitrogens with zero attached hydrogens (tertiary/aromatic N) is 2. The van der Waals surface area contributed by atoms with Gasteiger partial charge in [0.05, 0.1) is 0 Å². The van der Waals surface area contributed by atoms with Crippen molar-refractivity contribution in [3.05, 3.63) is 34.7 Å². The fourth-order valence-electron chi connectivity index (χ4n) is 1.21. The van der Waals surface area contributed by atoms with Crippen LogP contribution in [0.25, 0.3) is 5.65 Å². The Morgan fingerprint density at radius 1 is 1.29 bits per heavy atom. The second-order valence-corrected chi connectivity index (χ2v) is 3.51. The van der Waals surface area contributed by atoms with E-state index in [0.29, 0.717) is 4.60 Å². The molecule has 0 N–H and O–H groups in total. The number of aromatic nitrogens is 2. The fourth-order valence-corrected chi connectivity index (χ4v) is 1.60. The van der Waals surface area contributed by atoms with Gasteiger partial charge in [-0.3, -0.25) is 4.40 Å². The van der Waals surface area contributed by atoms with E-state index in [9.17, 15) is 13.2 Å². The van der Waals surface area contributed by atoms with Crippen molar-refractivity contribution >= 4 is 21.6 Å². The number of rotatable bonds is 0. The van der Waals surface area contributed by atoms with Crippen LogP contribution in [0.1, 0.15) is 5.69 Å². The van der Waals surface area contributed by atoms with Gasteiger partial charge < -0.3 is 0 Å². The molecule has 6 heteroatoms. The summed E-state index contributed by atoms with van der Waals surface area (Å²) in [6, 6.07) is 3.86. The summed E-state index contributed by atoms with van der Waals surface area (Å²) in [6.07, 6.45) is -3.07. The zero-order valence-electron chi connectivity index (χ0n) is 6.72. The van der Waals surface area contributed by atoms with Gasteiger partial charge in [0, 0.05) is 6.20 Å². The number of hydrogen-bond acceptors (Lipinski definition) is 1. The summed E-state index contributed by atoms with van der Waals surface area (Å²) in [6.45, 7) is 0. The van der Waals surface area contributed by atoms with Crippen LogP contribution in [0.5, 0.6) is 0 Å². The average molecular weight is 265 g/mol. The Balaban J connectivity index is 2.77. The number of hydrogen-bond donors (Lipinski definition) is 0. The van der Waals surface area contributed by atoms with Gasteiger partial charge in [0.25, 0.3) is 0 Å². The molecule has 2 aromatic heterocycles. The SMILES string of the molecule is FC(F)(F)c1cccc2nc(Br)cn12. The van der Waals surface area contributed by atoms with Crippen LogP contribution in [0.15, 0.2) is 29.0 Å². The van der Waals surface area contributed by atoms with Crippen LogP contribution in [0.3, 0.4) is 0 Å². The first-order valence-corrected chi connectivity index (χ1v) is 4.48. The van der Waals surface area contributed by atoms with Gasteiger partial charge in [-0.15, -0.1) is 0 Å². The minimum Gasteiger partial charge on any atom is -0.294 e. The van der Waals surface area contributed by atoms with Crippen LogP contribution < -0.4 is 0 Å². The molecule has 74 valence electrons. The van der Waals surface area contributed by atoms with Gasteiger partial charge in [-0.1, -0.05) is 6.07 Å². The molecule has 0 radical (unpaired) electrons. The van der Waals surface area contributed by atoms with Gasteiger partial charge in [0.15, 0.2) is 0 Å². The lowest BCUT2D eigenvalue weighted by atomic mass is 10.3. The van der Waals surface area contributed by atoms with Crippen molar-refractivity contribution in [1.82, 2.24) is 9.38 Å². The second-order valence-electron chi connectivity index (χ2n) is 2.70. The van der Waals surface area contributed by atoms with E-state index in [2.05, 4.69) is 20.9 Å². The van der Waals surface area contributed by atoms with Gasteiger partial charge in [-0.25, -0.2) is 4.98 Å².